The molecule has 41 heavy (non-hydrogen) atoms. The topological polar surface area (TPSA) is 151 Å². The third kappa shape index (κ3) is 6.53. The van der Waals surface area contributed by atoms with Crippen LogP contribution >= 0.6 is 0 Å². The Morgan fingerprint density at radius 1 is 1.20 bits per heavy atom. The van der Waals surface area contributed by atoms with E-state index in [9.17, 15) is 31.1 Å². The molecule has 0 radical (unpaired) electrons. The van der Waals surface area contributed by atoms with Gasteiger partial charge in [-0.25, -0.2) is 17.8 Å². The molecule has 3 aromatic rings. The van der Waals surface area contributed by atoms with E-state index in [-0.39, 0.29) is 52.5 Å². The van der Waals surface area contributed by atoms with Crippen molar-refractivity contribution in [2.45, 2.75) is 35.9 Å². The van der Waals surface area contributed by atoms with Gasteiger partial charge in [0.05, 0.1) is 36.0 Å². The zero-order valence-electron chi connectivity index (χ0n) is 22.9. The van der Waals surface area contributed by atoms with Crippen molar-refractivity contribution in [3.63, 3.8) is 0 Å². The van der Waals surface area contributed by atoms with Crippen molar-refractivity contribution < 1.29 is 35.9 Å². The summed E-state index contributed by atoms with van der Waals surface area (Å²) < 4.78 is 76.6. The summed E-state index contributed by atoms with van der Waals surface area (Å²) in [6, 6.07) is 8.08. The summed E-state index contributed by atoms with van der Waals surface area (Å²) in [4.78, 5) is 18.9. The summed E-state index contributed by atoms with van der Waals surface area (Å²) in [5, 5.41) is 9.66. The molecule has 2 aromatic carbocycles. The molecule has 0 saturated carbocycles. The van der Waals surface area contributed by atoms with Gasteiger partial charge in [-0.05, 0) is 49.4 Å². The highest BCUT2D eigenvalue weighted by molar-refractivity contribution is 7.92. The van der Waals surface area contributed by atoms with Crippen LogP contribution in [0, 0.1) is 11.7 Å². The SMILES string of the molecule is C[C@H](CO)N1C[C@H](C)[C@@H](CN(C)S(=O)(=O)c2ccc(F)cc2)Oc2ccc(NS(=O)(=O)c3cn(C)cn3)cc2C1=O. The molecule has 15 heteroatoms. The van der Waals surface area contributed by atoms with Crippen LogP contribution in [0.3, 0.4) is 0 Å². The van der Waals surface area contributed by atoms with Gasteiger partial charge in [-0.15, -0.1) is 0 Å². The van der Waals surface area contributed by atoms with Crippen molar-refractivity contribution in [2.75, 3.05) is 31.5 Å². The van der Waals surface area contributed by atoms with E-state index >= 15 is 0 Å². The number of hydrogen-bond acceptors (Lipinski definition) is 8. The first-order chi connectivity index (χ1) is 19.2. The van der Waals surface area contributed by atoms with Crippen LogP contribution in [0.4, 0.5) is 10.1 Å². The van der Waals surface area contributed by atoms with Gasteiger partial charge in [-0.1, -0.05) is 6.92 Å². The number of hydrogen-bond donors (Lipinski definition) is 2. The summed E-state index contributed by atoms with van der Waals surface area (Å²) >= 11 is 0. The molecule has 2 heterocycles. The Balaban J connectivity index is 1.68. The standard InChI is InChI=1S/C26H32FN5O7S2/c1-17-12-32(18(2)15-33)26(34)22-11-20(29-40(35,36)25-14-30(3)16-28-25)7-10-23(22)39-24(17)13-31(4)41(37,38)21-8-5-19(27)6-9-21/h5-11,14,16-18,24,29,33H,12-13,15H2,1-4H3/t17-,18+,24+/m0/s1. The first-order valence-corrected chi connectivity index (χ1v) is 15.6. The quantitative estimate of drug-likeness (QED) is 0.373. The number of carbonyl (C=O) groups is 1. The molecule has 1 amide bonds. The third-order valence-electron chi connectivity index (χ3n) is 6.83. The van der Waals surface area contributed by atoms with E-state index in [2.05, 4.69) is 9.71 Å². The lowest BCUT2D eigenvalue weighted by atomic mass is 9.99. The van der Waals surface area contributed by atoms with E-state index in [0.717, 1.165) is 16.4 Å². The van der Waals surface area contributed by atoms with Gasteiger partial charge in [0.1, 0.15) is 17.7 Å². The highest BCUT2D eigenvalue weighted by Crippen LogP contribution is 2.32. The fourth-order valence-corrected chi connectivity index (χ4v) is 6.59. The molecule has 2 N–H and O–H groups in total. The molecule has 1 aliphatic heterocycles. The molecule has 0 aliphatic carbocycles. The van der Waals surface area contributed by atoms with Crippen LogP contribution in [0.5, 0.6) is 5.75 Å². The zero-order chi connectivity index (χ0) is 30.1. The molecule has 0 bridgehead atoms. The molecule has 12 nitrogen and oxygen atoms in total. The largest absolute Gasteiger partial charge is 0.488 e. The normalized spacial score (nSPS) is 18.8. The van der Waals surface area contributed by atoms with Crippen LogP contribution in [0.1, 0.15) is 24.2 Å². The smallest absolute Gasteiger partial charge is 0.280 e. The number of likely N-dealkylation sites (N-methyl/N-ethyl adjacent to an activating group) is 1. The Kier molecular flexibility index (Phi) is 8.73. The van der Waals surface area contributed by atoms with Crippen molar-refractivity contribution in [1.29, 1.82) is 0 Å². The minimum absolute atomic E-state index is 0.0347. The zero-order valence-corrected chi connectivity index (χ0v) is 24.6. The van der Waals surface area contributed by atoms with Crippen molar-refractivity contribution in [2.24, 2.45) is 13.0 Å². The predicted molar refractivity (Wildman–Crippen MR) is 148 cm³/mol. The number of rotatable bonds is 9. The van der Waals surface area contributed by atoms with E-state index in [0.29, 0.717) is 0 Å². The number of ether oxygens (including phenoxy) is 1. The maximum absolute atomic E-state index is 13.6. The Bertz CT molecular complexity index is 1630. The Morgan fingerprint density at radius 3 is 2.49 bits per heavy atom. The summed E-state index contributed by atoms with van der Waals surface area (Å²) in [7, 11) is -5.04. The number of amides is 1. The van der Waals surface area contributed by atoms with Crippen LogP contribution < -0.4 is 9.46 Å². The van der Waals surface area contributed by atoms with Crippen molar-refractivity contribution >= 4 is 31.6 Å². The highest BCUT2D eigenvalue weighted by atomic mass is 32.2. The number of aliphatic hydroxyl groups excluding tert-OH is 1. The summed E-state index contributed by atoms with van der Waals surface area (Å²) in [6.45, 7) is 3.15. The molecule has 1 aromatic heterocycles. The maximum Gasteiger partial charge on any atom is 0.280 e. The minimum atomic E-state index is -4.05. The number of imidazole rings is 1. The Hall–Kier alpha value is -3.53. The lowest BCUT2D eigenvalue weighted by Crippen LogP contribution is -2.50. The number of aliphatic hydroxyl groups is 1. The van der Waals surface area contributed by atoms with Crippen molar-refractivity contribution in [3.05, 3.63) is 66.4 Å². The lowest BCUT2D eigenvalue weighted by Gasteiger charge is -2.38. The molecule has 0 fully saturated rings. The van der Waals surface area contributed by atoms with Gasteiger partial charge in [0.25, 0.3) is 15.9 Å². The third-order valence-corrected chi connectivity index (χ3v) is 9.94. The van der Waals surface area contributed by atoms with Gasteiger partial charge < -0.3 is 19.3 Å². The highest BCUT2D eigenvalue weighted by Gasteiger charge is 2.35. The van der Waals surface area contributed by atoms with Gasteiger partial charge in [0.2, 0.25) is 10.0 Å². The van der Waals surface area contributed by atoms with Crippen LogP contribution in [-0.4, -0.2) is 85.5 Å². The number of halogens is 1. The fourth-order valence-electron chi connectivity index (χ4n) is 4.38. The molecule has 3 atom stereocenters. The first kappa shape index (κ1) is 30.4. The number of nitrogens with zero attached hydrogens (tertiary/aromatic N) is 4. The average molecular weight is 610 g/mol. The van der Waals surface area contributed by atoms with E-state index in [4.69, 9.17) is 4.74 Å². The Morgan fingerprint density at radius 2 is 1.88 bits per heavy atom. The monoisotopic (exact) mass is 609 g/mol. The fraction of sp³-hybridized carbons (Fsp3) is 0.385. The summed E-state index contributed by atoms with van der Waals surface area (Å²) in [6.07, 6.45) is 1.93. The van der Waals surface area contributed by atoms with E-state index in [1.807, 2.05) is 0 Å². The van der Waals surface area contributed by atoms with Crippen molar-refractivity contribution in [1.82, 2.24) is 18.8 Å². The van der Waals surface area contributed by atoms with Gasteiger partial charge in [0, 0.05) is 38.4 Å². The number of aromatic nitrogens is 2. The maximum atomic E-state index is 13.6. The lowest BCUT2D eigenvalue weighted by molar-refractivity contribution is 0.0387. The van der Waals surface area contributed by atoms with Gasteiger partial charge in [-0.2, -0.15) is 12.7 Å². The van der Waals surface area contributed by atoms with Crippen LogP contribution in [0.15, 0.2) is 64.9 Å². The molecule has 1 aliphatic rings. The molecule has 0 unspecified atom stereocenters. The predicted octanol–water partition coefficient (Wildman–Crippen LogP) is 1.90. The van der Waals surface area contributed by atoms with Gasteiger partial charge >= 0.3 is 0 Å². The van der Waals surface area contributed by atoms with Crippen LogP contribution in [0.25, 0.3) is 0 Å². The molecule has 0 saturated heterocycles. The molecular weight excluding hydrogens is 577 g/mol. The molecule has 222 valence electrons. The second kappa shape index (κ2) is 11.8. The number of benzene rings is 2. The number of anilines is 1. The molecule has 0 spiro atoms. The van der Waals surface area contributed by atoms with Gasteiger partial charge in [-0.3, -0.25) is 9.52 Å². The summed E-state index contributed by atoms with van der Waals surface area (Å²) in [5.74, 6) is -1.31. The number of aryl methyl sites for hydroxylation is 1. The van der Waals surface area contributed by atoms with E-state index < -0.39 is 43.9 Å². The second-order valence-corrected chi connectivity index (χ2v) is 13.7. The number of nitrogens with one attached hydrogen (secondary N) is 1. The first-order valence-electron chi connectivity index (χ1n) is 12.7. The average Bonchev–Trinajstić information content (AvgIpc) is 3.38. The summed E-state index contributed by atoms with van der Waals surface area (Å²) in [5.41, 5.74) is 0.122. The second-order valence-electron chi connectivity index (χ2n) is 10.1. The number of fused-ring (bicyclic) bond motifs is 1. The van der Waals surface area contributed by atoms with E-state index in [1.54, 1.807) is 20.9 Å². The van der Waals surface area contributed by atoms with Crippen molar-refractivity contribution in [3.8, 4) is 5.75 Å². The minimum Gasteiger partial charge on any atom is -0.488 e. The molecule has 4 rings (SSSR count). The number of carbonyl (C=O) groups excluding carboxylic acids is 1. The van der Waals surface area contributed by atoms with Crippen LogP contribution in [-0.2, 0) is 27.1 Å². The van der Waals surface area contributed by atoms with E-state index in [1.165, 1.54) is 59.4 Å². The van der Waals surface area contributed by atoms with Gasteiger partial charge in [0.15, 0.2) is 5.03 Å². The van der Waals surface area contributed by atoms with Crippen LogP contribution in [0.2, 0.25) is 0 Å². The Labute approximate surface area is 238 Å². The molecular formula is C26H32FN5O7S2. The number of sulfonamides is 2.